The molecule has 0 radical (unpaired) electrons. The lowest BCUT2D eigenvalue weighted by Crippen LogP contribution is -2.26. The molecule has 0 aliphatic heterocycles. The summed E-state index contributed by atoms with van der Waals surface area (Å²) in [5.41, 5.74) is -0.345. The van der Waals surface area contributed by atoms with Crippen molar-refractivity contribution >= 4 is 23.9 Å². The molecule has 0 bridgehead atoms. The number of methoxy groups -OCH3 is 1. The highest BCUT2D eigenvalue weighted by atomic mass is 31.2. The van der Waals surface area contributed by atoms with Gasteiger partial charge in [0.1, 0.15) is 11.3 Å². The van der Waals surface area contributed by atoms with E-state index in [0.29, 0.717) is 16.7 Å². The van der Waals surface area contributed by atoms with E-state index in [1.807, 2.05) is 0 Å². The van der Waals surface area contributed by atoms with Gasteiger partial charge in [0.05, 0.1) is 20.3 Å². The second kappa shape index (κ2) is 6.43. The van der Waals surface area contributed by atoms with Gasteiger partial charge in [0, 0.05) is 5.39 Å². The van der Waals surface area contributed by atoms with E-state index in [1.54, 1.807) is 32.0 Å². The van der Waals surface area contributed by atoms with Crippen molar-refractivity contribution in [2.75, 3.05) is 20.3 Å². The first-order valence-electron chi connectivity index (χ1n) is 6.55. The van der Waals surface area contributed by atoms with Crippen molar-refractivity contribution in [1.82, 2.24) is 0 Å². The number of ether oxygens (including phenoxy) is 1. The van der Waals surface area contributed by atoms with Crippen molar-refractivity contribution in [3.8, 4) is 5.75 Å². The zero-order chi connectivity index (χ0) is 15.5. The lowest BCUT2D eigenvalue weighted by atomic mass is 10.2. The van der Waals surface area contributed by atoms with E-state index >= 15 is 0 Å². The molecule has 0 aliphatic rings. The Morgan fingerprint density at radius 3 is 2.38 bits per heavy atom. The van der Waals surface area contributed by atoms with Crippen molar-refractivity contribution < 1.29 is 22.8 Å². The molecule has 0 saturated carbocycles. The summed E-state index contributed by atoms with van der Waals surface area (Å²) < 4.78 is 33.4. The molecular formula is C14H17O6P. The third kappa shape index (κ3) is 3.18. The van der Waals surface area contributed by atoms with E-state index in [-0.39, 0.29) is 18.5 Å². The molecule has 1 aromatic heterocycles. The van der Waals surface area contributed by atoms with Crippen LogP contribution in [0.5, 0.6) is 5.75 Å². The van der Waals surface area contributed by atoms with Gasteiger partial charge in [-0.15, -0.1) is 0 Å². The molecule has 6 nitrogen and oxygen atoms in total. The minimum absolute atomic E-state index is 0.105. The molecule has 0 spiro atoms. The van der Waals surface area contributed by atoms with E-state index in [9.17, 15) is 9.36 Å². The SMILES string of the molecule is CCOP(=O)(OCC)c1cc2cc(OC)ccc2oc1=O. The lowest BCUT2D eigenvalue weighted by molar-refractivity contribution is 0.229. The summed E-state index contributed by atoms with van der Waals surface area (Å²) in [7, 11) is -2.15. The standard InChI is InChI=1S/C14H17O6P/c1-4-18-21(16,19-5-2)13-9-10-8-11(17-3)6-7-12(10)20-14(13)15/h6-9H,4-5H2,1-3H3. The molecule has 1 aromatic carbocycles. The van der Waals surface area contributed by atoms with Crippen LogP contribution in [-0.4, -0.2) is 20.3 Å². The molecule has 114 valence electrons. The predicted octanol–water partition coefficient (Wildman–Crippen LogP) is 2.69. The van der Waals surface area contributed by atoms with Crippen LogP contribution in [0.25, 0.3) is 11.0 Å². The Labute approximate surface area is 122 Å². The first kappa shape index (κ1) is 15.8. The van der Waals surface area contributed by atoms with Crippen LogP contribution in [0, 0.1) is 0 Å². The quantitative estimate of drug-likeness (QED) is 0.603. The fourth-order valence-corrected chi connectivity index (χ4v) is 3.52. The van der Waals surface area contributed by atoms with Crippen LogP contribution in [0.1, 0.15) is 13.8 Å². The van der Waals surface area contributed by atoms with E-state index in [1.165, 1.54) is 13.2 Å². The maximum Gasteiger partial charge on any atom is 0.368 e. The fourth-order valence-electron chi connectivity index (χ4n) is 1.92. The Kier molecular flexibility index (Phi) is 4.83. The van der Waals surface area contributed by atoms with Crippen molar-refractivity contribution in [2.45, 2.75) is 13.8 Å². The summed E-state index contributed by atoms with van der Waals surface area (Å²) in [4.78, 5) is 12.1. The van der Waals surface area contributed by atoms with Gasteiger partial charge in [0.25, 0.3) is 0 Å². The minimum Gasteiger partial charge on any atom is -0.497 e. The summed E-state index contributed by atoms with van der Waals surface area (Å²) in [5.74, 6) is 0.602. The highest BCUT2D eigenvalue weighted by Gasteiger charge is 2.31. The molecule has 0 amide bonds. The zero-order valence-corrected chi connectivity index (χ0v) is 13.0. The van der Waals surface area contributed by atoms with Crippen molar-refractivity contribution in [1.29, 1.82) is 0 Å². The van der Waals surface area contributed by atoms with Gasteiger partial charge in [-0.1, -0.05) is 0 Å². The first-order valence-corrected chi connectivity index (χ1v) is 8.10. The van der Waals surface area contributed by atoms with Crippen LogP contribution < -0.4 is 15.7 Å². The third-order valence-electron chi connectivity index (χ3n) is 2.81. The van der Waals surface area contributed by atoms with Gasteiger partial charge in [0.2, 0.25) is 0 Å². The largest absolute Gasteiger partial charge is 0.497 e. The Hall–Kier alpha value is -1.62. The van der Waals surface area contributed by atoms with E-state index in [4.69, 9.17) is 18.2 Å². The number of hydrogen-bond donors (Lipinski definition) is 0. The molecule has 2 rings (SSSR count). The molecule has 1 heterocycles. The van der Waals surface area contributed by atoms with Crippen molar-refractivity contribution in [3.63, 3.8) is 0 Å². The summed E-state index contributed by atoms with van der Waals surface area (Å²) in [6.07, 6.45) is 0. The van der Waals surface area contributed by atoms with Crippen LogP contribution in [0.4, 0.5) is 0 Å². The Morgan fingerprint density at radius 2 is 1.81 bits per heavy atom. The van der Waals surface area contributed by atoms with E-state index in [0.717, 1.165) is 0 Å². The van der Waals surface area contributed by atoms with E-state index < -0.39 is 13.2 Å². The Morgan fingerprint density at radius 1 is 1.14 bits per heavy atom. The third-order valence-corrected chi connectivity index (χ3v) is 4.91. The highest BCUT2D eigenvalue weighted by molar-refractivity contribution is 7.62. The molecule has 2 aromatic rings. The van der Waals surface area contributed by atoms with Crippen LogP contribution in [0.2, 0.25) is 0 Å². The maximum atomic E-state index is 12.7. The molecule has 0 N–H and O–H groups in total. The summed E-state index contributed by atoms with van der Waals surface area (Å²) in [6, 6.07) is 6.45. The van der Waals surface area contributed by atoms with Gasteiger partial charge in [-0.05, 0) is 38.1 Å². The molecule has 7 heteroatoms. The molecular weight excluding hydrogens is 295 g/mol. The van der Waals surface area contributed by atoms with Gasteiger partial charge in [-0.25, -0.2) is 4.79 Å². The van der Waals surface area contributed by atoms with Crippen LogP contribution in [-0.2, 0) is 13.6 Å². The lowest BCUT2D eigenvalue weighted by Gasteiger charge is -2.16. The van der Waals surface area contributed by atoms with Crippen LogP contribution >= 0.6 is 7.60 Å². The number of hydrogen-bond acceptors (Lipinski definition) is 6. The zero-order valence-electron chi connectivity index (χ0n) is 12.1. The fraction of sp³-hybridized carbons (Fsp3) is 0.357. The van der Waals surface area contributed by atoms with Gasteiger partial charge >= 0.3 is 13.2 Å². The first-order chi connectivity index (χ1) is 10.0. The average molecular weight is 312 g/mol. The highest BCUT2D eigenvalue weighted by Crippen LogP contribution is 2.46. The molecule has 0 aliphatic carbocycles. The van der Waals surface area contributed by atoms with Gasteiger partial charge < -0.3 is 18.2 Å². The minimum atomic E-state index is -3.68. The smallest absolute Gasteiger partial charge is 0.368 e. The second-order valence-corrected chi connectivity index (χ2v) is 6.15. The Balaban J connectivity index is 2.64. The maximum absolute atomic E-state index is 12.7. The van der Waals surface area contributed by atoms with Gasteiger partial charge in [-0.2, -0.15) is 0 Å². The Bertz CT molecular complexity index is 726. The molecule has 0 unspecified atom stereocenters. The summed E-state index contributed by atoms with van der Waals surface area (Å²) in [5, 5.41) is 0.482. The van der Waals surface area contributed by atoms with Crippen molar-refractivity contribution in [2.24, 2.45) is 0 Å². The number of benzene rings is 1. The van der Waals surface area contributed by atoms with Crippen LogP contribution in [0.15, 0.2) is 33.5 Å². The van der Waals surface area contributed by atoms with Crippen molar-refractivity contribution in [3.05, 3.63) is 34.7 Å². The molecule has 21 heavy (non-hydrogen) atoms. The van der Waals surface area contributed by atoms with Gasteiger partial charge in [-0.3, -0.25) is 4.57 Å². The molecule has 0 fully saturated rings. The van der Waals surface area contributed by atoms with Gasteiger partial charge in [0.15, 0.2) is 5.30 Å². The molecule has 0 atom stereocenters. The summed E-state index contributed by atoms with van der Waals surface area (Å²) in [6.45, 7) is 3.68. The van der Waals surface area contributed by atoms with Crippen LogP contribution in [0.3, 0.4) is 0 Å². The number of fused-ring (bicyclic) bond motifs is 1. The summed E-state index contributed by atoms with van der Waals surface area (Å²) >= 11 is 0. The second-order valence-electron chi connectivity index (χ2n) is 4.16. The molecule has 0 saturated heterocycles. The topological polar surface area (TPSA) is 75.0 Å². The number of rotatable bonds is 6. The van der Waals surface area contributed by atoms with E-state index in [2.05, 4.69) is 0 Å². The average Bonchev–Trinajstić information content (AvgIpc) is 2.46. The monoisotopic (exact) mass is 312 g/mol. The normalized spacial score (nSPS) is 11.8. The predicted molar refractivity (Wildman–Crippen MR) is 79.5 cm³/mol.